The quantitative estimate of drug-likeness (QED) is 0.842. The molecule has 0 spiro atoms. The number of halogens is 2. The summed E-state index contributed by atoms with van der Waals surface area (Å²) < 4.78 is 18.3. The Bertz CT molecular complexity index is 448. The zero-order valence-electron chi connectivity index (χ0n) is 10.8. The molecule has 1 heterocycles. The average Bonchev–Trinajstić information content (AvgIpc) is 2.39. The van der Waals surface area contributed by atoms with Crippen LogP contribution in [0.2, 0.25) is 0 Å². The number of nitrogens with zero attached hydrogens (tertiary/aromatic N) is 1. The number of hydrogen-bond acceptors (Lipinski definition) is 4. The summed E-state index contributed by atoms with van der Waals surface area (Å²) >= 11 is 0. The zero-order chi connectivity index (χ0) is 13.2. The highest BCUT2D eigenvalue weighted by atomic mass is 35.5. The number of methoxy groups -OCH3 is 1. The van der Waals surface area contributed by atoms with Crippen LogP contribution in [-0.2, 0) is 9.53 Å². The molecule has 1 aliphatic heterocycles. The van der Waals surface area contributed by atoms with Crippen LogP contribution in [0.3, 0.4) is 0 Å². The van der Waals surface area contributed by atoms with E-state index in [4.69, 9.17) is 10.5 Å². The molecule has 0 amide bonds. The number of carbonyl (C=O) groups excluding carboxylic acids is 1. The number of benzene rings is 1. The molecule has 0 atom stereocenters. The summed E-state index contributed by atoms with van der Waals surface area (Å²) in [6.07, 6.45) is 0.933. The molecule has 2 rings (SSSR count). The Labute approximate surface area is 118 Å². The Morgan fingerprint density at radius 3 is 2.47 bits per heavy atom. The summed E-state index contributed by atoms with van der Waals surface area (Å²) in [6.45, 7) is 1.10. The molecule has 0 bridgehead atoms. The number of ether oxygens (including phenoxy) is 1. The van der Waals surface area contributed by atoms with Gasteiger partial charge in [0.2, 0.25) is 0 Å². The molecule has 0 unspecified atom stereocenters. The molecule has 1 saturated heterocycles. The van der Waals surface area contributed by atoms with Crippen LogP contribution in [0.5, 0.6) is 0 Å². The number of carbonyl (C=O) groups is 1. The minimum absolute atomic E-state index is 0. The van der Waals surface area contributed by atoms with Crippen molar-refractivity contribution in [2.75, 3.05) is 25.1 Å². The molecule has 4 nitrogen and oxygen atoms in total. The summed E-state index contributed by atoms with van der Waals surface area (Å²) in [4.78, 5) is 13.5. The van der Waals surface area contributed by atoms with E-state index >= 15 is 0 Å². The van der Waals surface area contributed by atoms with Crippen LogP contribution in [0.4, 0.5) is 10.1 Å². The molecule has 1 fully saturated rings. The van der Waals surface area contributed by atoms with Crippen molar-refractivity contribution in [1.82, 2.24) is 0 Å². The van der Waals surface area contributed by atoms with Crippen LogP contribution in [0.1, 0.15) is 12.8 Å². The Hall–Kier alpha value is -1.33. The van der Waals surface area contributed by atoms with Crippen LogP contribution < -0.4 is 10.6 Å². The van der Waals surface area contributed by atoms with E-state index in [1.165, 1.54) is 13.2 Å². The normalized spacial score (nSPS) is 17.5. The van der Waals surface area contributed by atoms with E-state index in [2.05, 4.69) is 0 Å². The second kappa shape index (κ2) is 6.21. The van der Waals surface area contributed by atoms with E-state index in [1.807, 2.05) is 4.90 Å². The van der Waals surface area contributed by atoms with Crippen LogP contribution in [0, 0.1) is 5.82 Å². The predicted molar refractivity (Wildman–Crippen MR) is 74.0 cm³/mol. The van der Waals surface area contributed by atoms with Crippen molar-refractivity contribution in [3.8, 4) is 0 Å². The summed E-state index contributed by atoms with van der Waals surface area (Å²) in [5.41, 5.74) is 5.62. The maximum absolute atomic E-state index is 13.6. The van der Waals surface area contributed by atoms with Gasteiger partial charge in [-0.25, -0.2) is 4.39 Å². The first-order valence-electron chi connectivity index (χ1n) is 5.93. The molecule has 0 radical (unpaired) electrons. The van der Waals surface area contributed by atoms with Gasteiger partial charge in [-0.3, -0.25) is 4.79 Å². The number of hydrogen-bond donors (Lipinski definition) is 1. The Morgan fingerprint density at radius 2 is 1.95 bits per heavy atom. The van der Waals surface area contributed by atoms with Gasteiger partial charge in [-0.2, -0.15) is 0 Å². The van der Waals surface area contributed by atoms with Crippen molar-refractivity contribution in [1.29, 1.82) is 0 Å². The summed E-state index contributed by atoms with van der Waals surface area (Å²) in [6, 6.07) is 6.62. The van der Waals surface area contributed by atoms with E-state index in [-0.39, 0.29) is 18.2 Å². The molecule has 106 valence electrons. The lowest BCUT2D eigenvalue weighted by Gasteiger charge is -2.38. The van der Waals surface area contributed by atoms with E-state index in [0.29, 0.717) is 31.6 Å². The number of anilines is 1. The maximum atomic E-state index is 13.6. The number of rotatable bonds is 2. The first kappa shape index (κ1) is 15.7. The van der Waals surface area contributed by atoms with Crippen molar-refractivity contribution in [2.45, 2.75) is 18.4 Å². The van der Waals surface area contributed by atoms with E-state index in [9.17, 15) is 9.18 Å². The lowest BCUT2D eigenvalue weighted by atomic mass is 9.88. The highest BCUT2D eigenvalue weighted by molar-refractivity contribution is 5.85. The number of piperidine rings is 1. The fourth-order valence-corrected chi connectivity index (χ4v) is 2.26. The Balaban J connectivity index is 0.00000180. The summed E-state index contributed by atoms with van der Waals surface area (Å²) in [5, 5.41) is 0. The van der Waals surface area contributed by atoms with Crippen LogP contribution in [0.25, 0.3) is 0 Å². The molecular weight excluding hydrogens is 271 g/mol. The molecule has 1 aromatic carbocycles. The molecule has 0 aromatic heterocycles. The molecule has 0 saturated carbocycles. The van der Waals surface area contributed by atoms with Crippen LogP contribution in [-0.4, -0.2) is 31.7 Å². The van der Waals surface area contributed by atoms with Crippen molar-refractivity contribution < 1.29 is 13.9 Å². The van der Waals surface area contributed by atoms with Crippen molar-refractivity contribution in [3.05, 3.63) is 30.1 Å². The summed E-state index contributed by atoms with van der Waals surface area (Å²) in [5.74, 6) is -0.643. The third-order valence-corrected chi connectivity index (χ3v) is 3.44. The van der Waals surface area contributed by atoms with Crippen LogP contribution >= 0.6 is 12.4 Å². The molecule has 6 heteroatoms. The molecular formula is C13H18ClFN2O2. The fourth-order valence-electron chi connectivity index (χ4n) is 2.26. The zero-order valence-corrected chi connectivity index (χ0v) is 11.6. The number of esters is 1. The van der Waals surface area contributed by atoms with E-state index in [0.717, 1.165) is 0 Å². The second-order valence-electron chi connectivity index (χ2n) is 4.59. The van der Waals surface area contributed by atoms with Gasteiger partial charge >= 0.3 is 5.97 Å². The fraction of sp³-hybridized carbons (Fsp3) is 0.462. The lowest BCUT2D eigenvalue weighted by molar-refractivity contribution is -0.147. The van der Waals surface area contributed by atoms with E-state index in [1.54, 1.807) is 18.2 Å². The smallest absolute Gasteiger partial charge is 0.325 e. The number of para-hydroxylation sites is 1. The van der Waals surface area contributed by atoms with Gasteiger partial charge in [0.1, 0.15) is 11.4 Å². The largest absolute Gasteiger partial charge is 0.468 e. The van der Waals surface area contributed by atoms with Gasteiger partial charge < -0.3 is 15.4 Å². The molecule has 1 aromatic rings. The highest BCUT2D eigenvalue weighted by Crippen LogP contribution is 2.27. The molecule has 0 aliphatic carbocycles. The third-order valence-electron chi connectivity index (χ3n) is 3.44. The van der Waals surface area contributed by atoms with Crippen LogP contribution in [0.15, 0.2) is 24.3 Å². The van der Waals surface area contributed by atoms with Gasteiger partial charge in [0.05, 0.1) is 12.8 Å². The van der Waals surface area contributed by atoms with E-state index < -0.39 is 11.5 Å². The minimum Gasteiger partial charge on any atom is -0.468 e. The average molecular weight is 289 g/mol. The lowest BCUT2D eigenvalue weighted by Crippen LogP contribution is -2.56. The van der Waals surface area contributed by atoms with Crippen molar-refractivity contribution in [2.24, 2.45) is 5.73 Å². The second-order valence-corrected chi connectivity index (χ2v) is 4.59. The maximum Gasteiger partial charge on any atom is 0.325 e. The van der Waals surface area contributed by atoms with Gasteiger partial charge in [-0.05, 0) is 25.0 Å². The van der Waals surface area contributed by atoms with Gasteiger partial charge in [0.25, 0.3) is 0 Å². The Kier molecular flexibility index (Phi) is 5.14. The highest BCUT2D eigenvalue weighted by Gasteiger charge is 2.39. The monoisotopic (exact) mass is 288 g/mol. The summed E-state index contributed by atoms with van der Waals surface area (Å²) in [7, 11) is 1.33. The van der Waals surface area contributed by atoms with Crippen molar-refractivity contribution in [3.63, 3.8) is 0 Å². The van der Waals surface area contributed by atoms with Gasteiger partial charge in [0, 0.05) is 13.1 Å². The Morgan fingerprint density at radius 1 is 1.37 bits per heavy atom. The number of nitrogens with two attached hydrogens (primary N) is 1. The molecule has 19 heavy (non-hydrogen) atoms. The molecule has 2 N–H and O–H groups in total. The first-order chi connectivity index (χ1) is 8.57. The predicted octanol–water partition coefficient (Wildman–Crippen LogP) is 1.72. The topological polar surface area (TPSA) is 55.6 Å². The van der Waals surface area contributed by atoms with Gasteiger partial charge in [-0.15, -0.1) is 12.4 Å². The standard InChI is InChI=1S/C13H17FN2O2.ClH/c1-18-12(17)13(15)6-8-16(9-7-13)11-5-3-2-4-10(11)14;/h2-5H,6-9,15H2,1H3;1H. The third kappa shape index (κ3) is 3.16. The molecule has 1 aliphatic rings. The SMILES string of the molecule is COC(=O)C1(N)CCN(c2ccccc2F)CC1.Cl. The van der Waals surface area contributed by atoms with Crippen molar-refractivity contribution >= 4 is 24.1 Å². The van der Waals surface area contributed by atoms with Gasteiger partial charge in [-0.1, -0.05) is 12.1 Å². The van der Waals surface area contributed by atoms with Gasteiger partial charge in [0.15, 0.2) is 0 Å². The first-order valence-corrected chi connectivity index (χ1v) is 5.93. The minimum atomic E-state index is -0.934.